The molecule has 3 aromatic rings. The fraction of sp³-hybridized carbons (Fsp3) is 0.133. The van der Waals surface area contributed by atoms with Gasteiger partial charge in [0.25, 0.3) is 0 Å². The Labute approximate surface area is 111 Å². The first kappa shape index (κ1) is 11.3. The molecule has 0 saturated carbocycles. The van der Waals surface area contributed by atoms with Crippen molar-refractivity contribution < 1.29 is 0 Å². The highest BCUT2D eigenvalue weighted by atomic mass is 35.5. The number of aromatic nitrogens is 2. The van der Waals surface area contributed by atoms with Gasteiger partial charge in [-0.3, -0.25) is 0 Å². The Kier molecular flexibility index (Phi) is 2.60. The van der Waals surface area contributed by atoms with Gasteiger partial charge in [-0.15, -0.1) is 0 Å². The molecule has 0 aliphatic heterocycles. The predicted molar refractivity (Wildman–Crippen MR) is 76.0 cm³/mol. The predicted octanol–water partition coefficient (Wildman–Crippen LogP) is 4.50. The number of imidazole rings is 1. The van der Waals surface area contributed by atoms with Gasteiger partial charge in [0, 0.05) is 10.6 Å². The molecular weight excluding hydrogens is 244 g/mol. The van der Waals surface area contributed by atoms with Crippen LogP contribution in [-0.4, -0.2) is 9.97 Å². The molecule has 0 bridgehead atoms. The minimum atomic E-state index is 0.721. The van der Waals surface area contributed by atoms with Crippen LogP contribution in [0.25, 0.3) is 22.4 Å². The Hall–Kier alpha value is -1.80. The molecule has 90 valence electrons. The van der Waals surface area contributed by atoms with Crippen LogP contribution in [0.5, 0.6) is 0 Å². The lowest BCUT2D eigenvalue weighted by molar-refractivity contribution is 1.27. The van der Waals surface area contributed by atoms with E-state index in [1.807, 2.05) is 18.2 Å². The summed E-state index contributed by atoms with van der Waals surface area (Å²) in [6, 6.07) is 12.0. The average Bonchev–Trinajstić information content (AvgIpc) is 2.71. The van der Waals surface area contributed by atoms with Crippen LogP contribution in [0.3, 0.4) is 0 Å². The molecule has 0 saturated heterocycles. The van der Waals surface area contributed by atoms with E-state index in [1.165, 1.54) is 16.7 Å². The number of halogens is 1. The topological polar surface area (TPSA) is 28.7 Å². The van der Waals surface area contributed by atoms with Crippen LogP contribution >= 0.6 is 11.6 Å². The Morgan fingerprint density at radius 1 is 1.06 bits per heavy atom. The summed E-state index contributed by atoms with van der Waals surface area (Å²) in [6.45, 7) is 4.20. The van der Waals surface area contributed by atoms with Crippen molar-refractivity contribution in [3.05, 3.63) is 52.5 Å². The zero-order chi connectivity index (χ0) is 12.7. The monoisotopic (exact) mass is 256 g/mol. The molecule has 0 unspecified atom stereocenters. The maximum Gasteiger partial charge on any atom is 0.139 e. The summed E-state index contributed by atoms with van der Waals surface area (Å²) in [4.78, 5) is 7.97. The highest BCUT2D eigenvalue weighted by Crippen LogP contribution is 2.27. The number of benzene rings is 2. The quantitative estimate of drug-likeness (QED) is 0.682. The van der Waals surface area contributed by atoms with Crippen molar-refractivity contribution in [2.45, 2.75) is 13.8 Å². The van der Waals surface area contributed by atoms with Crippen LogP contribution < -0.4 is 0 Å². The normalized spacial score (nSPS) is 11.1. The maximum absolute atomic E-state index is 5.99. The van der Waals surface area contributed by atoms with Crippen LogP contribution in [0.15, 0.2) is 36.4 Å². The third-order valence-corrected chi connectivity index (χ3v) is 3.40. The first-order chi connectivity index (χ1) is 8.65. The van der Waals surface area contributed by atoms with Crippen molar-refractivity contribution in [2.24, 2.45) is 0 Å². The Morgan fingerprint density at radius 2 is 1.78 bits per heavy atom. The number of aryl methyl sites for hydroxylation is 2. The largest absolute Gasteiger partial charge is 0.338 e. The van der Waals surface area contributed by atoms with Gasteiger partial charge in [0.15, 0.2) is 0 Å². The van der Waals surface area contributed by atoms with Crippen molar-refractivity contribution in [3.8, 4) is 11.4 Å². The molecule has 1 heterocycles. The Balaban J connectivity index is 2.26. The Morgan fingerprint density at radius 3 is 2.50 bits per heavy atom. The minimum absolute atomic E-state index is 0.721. The molecule has 0 amide bonds. The molecule has 0 aliphatic rings. The molecule has 0 spiro atoms. The van der Waals surface area contributed by atoms with Gasteiger partial charge < -0.3 is 4.98 Å². The van der Waals surface area contributed by atoms with E-state index in [-0.39, 0.29) is 0 Å². The van der Waals surface area contributed by atoms with Crippen LogP contribution in [0.1, 0.15) is 11.1 Å². The van der Waals surface area contributed by atoms with E-state index in [2.05, 4.69) is 42.0 Å². The first-order valence-electron chi connectivity index (χ1n) is 5.87. The third kappa shape index (κ3) is 1.79. The molecule has 18 heavy (non-hydrogen) atoms. The molecule has 3 rings (SSSR count). The summed E-state index contributed by atoms with van der Waals surface area (Å²) in [7, 11) is 0. The number of nitrogens with zero attached hydrogens (tertiary/aromatic N) is 1. The highest BCUT2D eigenvalue weighted by molar-refractivity contribution is 6.31. The molecule has 2 aromatic carbocycles. The van der Waals surface area contributed by atoms with E-state index in [0.29, 0.717) is 0 Å². The smallest absolute Gasteiger partial charge is 0.139 e. The molecule has 0 aliphatic carbocycles. The lowest BCUT2D eigenvalue weighted by atomic mass is 10.0. The second kappa shape index (κ2) is 4.14. The molecule has 0 atom stereocenters. The summed E-state index contributed by atoms with van der Waals surface area (Å²) in [5, 5.41) is 0.721. The first-order valence-corrected chi connectivity index (χ1v) is 6.25. The molecule has 0 radical (unpaired) electrons. The third-order valence-electron chi connectivity index (χ3n) is 3.16. The fourth-order valence-corrected chi connectivity index (χ4v) is 2.46. The minimum Gasteiger partial charge on any atom is -0.338 e. The standard InChI is InChI=1S/C15H13ClN2/c1-9-4-3-5-10(2)14(9)15-17-12-7-6-11(16)8-13(12)18-15/h3-8H,1-2H3,(H,17,18). The maximum atomic E-state index is 5.99. The van der Waals surface area contributed by atoms with Crippen LogP contribution in [-0.2, 0) is 0 Å². The Bertz CT molecular complexity index is 708. The van der Waals surface area contributed by atoms with E-state index in [1.54, 1.807) is 0 Å². The van der Waals surface area contributed by atoms with Gasteiger partial charge in [0.2, 0.25) is 0 Å². The molecular formula is C15H13ClN2. The average molecular weight is 257 g/mol. The van der Waals surface area contributed by atoms with Crippen molar-refractivity contribution in [1.29, 1.82) is 0 Å². The van der Waals surface area contributed by atoms with Gasteiger partial charge >= 0.3 is 0 Å². The number of H-pyrrole nitrogens is 1. The summed E-state index contributed by atoms with van der Waals surface area (Å²) < 4.78 is 0. The SMILES string of the molecule is Cc1cccc(C)c1-c1nc2ccc(Cl)cc2[nH]1. The van der Waals surface area contributed by atoms with Crippen LogP contribution in [0.2, 0.25) is 5.02 Å². The number of hydrogen-bond acceptors (Lipinski definition) is 1. The highest BCUT2D eigenvalue weighted by Gasteiger charge is 2.10. The fourth-order valence-electron chi connectivity index (χ4n) is 2.29. The summed E-state index contributed by atoms with van der Waals surface area (Å²) in [6.07, 6.45) is 0. The molecule has 2 nitrogen and oxygen atoms in total. The van der Waals surface area contributed by atoms with Gasteiger partial charge in [0.05, 0.1) is 11.0 Å². The van der Waals surface area contributed by atoms with Gasteiger partial charge in [0.1, 0.15) is 5.82 Å². The number of fused-ring (bicyclic) bond motifs is 1. The van der Waals surface area contributed by atoms with Gasteiger partial charge in [-0.2, -0.15) is 0 Å². The summed E-state index contributed by atoms with van der Waals surface area (Å²) in [5.41, 5.74) is 5.53. The van der Waals surface area contributed by atoms with Crippen molar-refractivity contribution >= 4 is 22.6 Å². The van der Waals surface area contributed by atoms with E-state index in [0.717, 1.165) is 21.9 Å². The van der Waals surface area contributed by atoms with E-state index in [4.69, 9.17) is 11.6 Å². The van der Waals surface area contributed by atoms with Crippen LogP contribution in [0, 0.1) is 13.8 Å². The summed E-state index contributed by atoms with van der Waals surface area (Å²) >= 11 is 5.99. The van der Waals surface area contributed by atoms with E-state index >= 15 is 0 Å². The molecule has 0 fully saturated rings. The van der Waals surface area contributed by atoms with Crippen molar-refractivity contribution in [1.82, 2.24) is 9.97 Å². The lowest BCUT2D eigenvalue weighted by Gasteiger charge is -2.05. The zero-order valence-corrected chi connectivity index (χ0v) is 11.0. The molecule has 3 heteroatoms. The molecule has 1 aromatic heterocycles. The van der Waals surface area contributed by atoms with Gasteiger partial charge in [-0.25, -0.2) is 4.98 Å². The number of rotatable bonds is 1. The summed E-state index contributed by atoms with van der Waals surface area (Å²) in [5.74, 6) is 0.905. The van der Waals surface area contributed by atoms with Crippen LogP contribution in [0.4, 0.5) is 0 Å². The van der Waals surface area contributed by atoms with E-state index in [9.17, 15) is 0 Å². The number of nitrogens with one attached hydrogen (secondary N) is 1. The molecule has 1 N–H and O–H groups in total. The number of aromatic amines is 1. The van der Waals surface area contributed by atoms with Gasteiger partial charge in [-0.05, 0) is 43.2 Å². The second-order valence-electron chi connectivity index (χ2n) is 4.51. The van der Waals surface area contributed by atoms with Crippen molar-refractivity contribution in [2.75, 3.05) is 0 Å². The van der Waals surface area contributed by atoms with Gasteiger partial charge in [-0.1, -0.05) is 29.8 Å². The van der Waals surface area contributed by atoms with E-state index < -0.39 is 0 Å². The lowest BCUT2D eigenvalue weighted by Crippen LogP contribution is -1.89. The van der Waals surface area contributed by atoms with Crippen molar-refractivity contribution in [3.63, 3.8) is 0 Å². The second-order valence-corrected chi connectivity index (χ2v) is 4.95. The zero-order valence-electron chi connectivity index (χ0n) is 10.3. The number of hydrogen-bond donors (Lipinski definition) is 1.